The standard InChI is InChI=1S/C19H14ClN3OS2/c20-13-5-3-12(4-6-13)16-9-14-15(8-11-2-1-7-25-10-11)22-23-17(19(21)24)18(14)26-16/h1-6,9-10H,7-8H2,(H2,21,24). The van der Waals surface area contributed by atoms with Gasteiger partial charge in [-0.05, 0) is 34.7 Å². The molecule has 0 saturated carbocycles. The molecule has 0 fully saturated rings. The number of thioether (sulfide) groups is 1. The highest BCUT2D eigenvalue weighted by Gasteiger charge is 2.18. The van der Waals surface area contributed by atoms with E-state index in [-0.39, 0.29) is 5.69 Å². The largest absolute Gasteiger partial charge is 0.364 e. The van der Waals surface area contributed by atoms with Crippen molar-refractivity contribution in [1.29, 1.82) is 0 Å². The molecule has 4 nitrogen and oxygen atoms in total. The molecular formula is C19H14ClN3OS2. The van der Waals surface area contributed by atoms with Crippen LogP contribution < -0.4 is 5.73 Å². The van der Waals surface area contributed by atoms with Crippen LogP contribution in [0.2, 0.25) is 5.02 Å². The van der Waals surface area contributed by atoms with E-state index in [1.807, 2.05) is 24.3 Å². The second-order valence-electron chi connectivity index (χ2n) is 5.83. The van der Waals surface area contributed by atoms with Crippen molar-refractivity contribution in [2.75, 3.05) is 5.75 Å². The number of amides is 1. The maximum absolute atomic E-state index is 11.8. The molecule has 26 heavy (non-hydrogen) atoms. The summed E-state index contributed by atoms with van der Waals surface area (Å²) in [4.78, 5) is 12.8. The Kier molecular flexibility index (Phi) is 4.80. The van der Waals surface area contributed by atoms with Crippen LogP contribution in [0.1, 0.15) is 16.2 Å². The summed E-state index contributed by atoms with van der Waals surface area (Å²) in [5, 5.41) is 12.1. The van der Waals surface area contributed by atoms with Gasteiger partial charge in [0.1, 0.15) is 0 Å². The van der Waals surface area contributed by atoms with E-state index in [0.29, 0.717) is 11.4 Å². The van der Waals surface area contributed by atoms with E-state index >= 15 is 0 Å². The number of carbonyl (C=O) groups is 1. The molecule has 1 aliphatic heterocycles. The third-order valence-corrected chi connectivity index (χ3v) is 6.32. The summed E-state index contributed by atoms with van der Waals surface area (Å²) < 4.78 is 0.778. The molecule has 3 heterocycles. The van der Waals surface area contributed by atoms with Gasteiger partial charge in [0.05, 0.1) is 10.4 Å². The number of hydrogen-bond acceptors (Lipinski definition) is 5. The Hall–Kier alpha value is -2.15. The lowest BCUT2D eigenvalue weighted by Crippen LogP contribution is -2.14. The summed E-state index contributed by atoms with van der Waals surface area (Å²) in [5.74, 6) is 0.426. The van der Waals surface area contributed by atoms with Crippen molar-refractivity contribution in [1.82, 2.24) is 10.2 Å². The predicted octanol–water partition coefficient (Wildman–Crippen LogP) is 4.84. The average molecular weight is 400 g/mol. The zero-order valence-electron chi connectivity index (χ0n) is 13.6. The highest BCUT2D eigenvalue weighted by Crippen LogP contribution is 2.37. The number of benzene rings is 1. The Morgan fingerprint density at radius 3 is 2.73 bits per heavy atom. The quantitative estimate of drug-likeness (QED) is 0.681. The van der Waals surface area contributed by atoms with Crippen molar-refractivity contribution < 1.29 is 4.79 Å². The summed E-state index contributed by atoms with van der Waals surface area (Å²) in [6.07, 6.45) is 4.91. The lowest BCUT2D eigenvalue weighted by atomic mass is 10.1. The number of thiophene rings is 1. The maximum atomic E-state index is 11.8. The lowest BCUT2D eigenvalue weighted by molar-refractivity contribution is 0.0996. The minimum atomic E-state index is -0.564. The molecule has 7 heteroatoms. The summed E-state index contributed by atoms with van der Waals surface area (Å²) in [6.45, 7) is 0. The van der Waals surface area contributed by atoms with Gasteiger partial charge in [0.2, 0.25) is 0 Å². The SMILES string of the molecule is NC(=O)c1nnc(CC2=CSCC=C2)c2cc(-c3ccc(Cl)cc3)sc12. The van der Waals surface area contributed by atoms with E-state index in [9.17, 15) is 4.79 Å². The van der Waals surface area contributed by atoms with Gasteiger partial charge in [-0.1, -0.05) is 35.9 Å². The Morgan fingerprint density at radius 2 is 2.04 bits per heavy atom. The van der Waals surface area contributed by atoms with Crippen LogP contribution in [-0.4, -0.2) is 21.9 Å². The first-order chi connectivity index (χ1) is 12.6. The second kappa shape index (κ2) is 7.23. The van der Waals surface area contributed by atoms with E-state index in [1.165, 1.54) is 16.9 Å². The van der Waals surface area contributed by atoms with E-state index < -0.39 is 5.91 Å². The van der Waals surface area contributed by atoms with Crippen LogP contribution >= 0.6 is 34.7 Å². The van der Waals surface area contributed by atoms with Crippen LogP contribution in [-0.2, 0) is 6.42 Å². The molecule has 0 bridgehead atoms. The zero-order valence-corrected chi connectivity index (χ0v) is 16.0. The number of carbonyl (C=O) groups excluding carboxylic acids is 1. The first-order valence-electron chi connectivity index (χ1n) is 7.94. The van der Waals surface area contributed by atoms with Gasteiger partial charge in [0, 0.05) is 27.5 Å². The highest BCUT2D eigenvalue weighted by atomic mass is 35.5. The van der Waals surface area contributed by atoms with Crippen LogP contribution in [0, 0.1) is 0 Å². The fourth-order valence-corrected chi connectivity index (χ4v) is 4.76. The number of aromatic nitrogens is 2. The number of hydrogen-bond donors (Lipinski definition) is 1. The average Bonchev–Trinajstić information content (AvgIpc) is 3.09. The van der Waals surface area contributed by atoms with Gasteiger partial charge in [0.15, 0.2) is 5.69 Å². The van der Waals surface area contributed by atoms with Crippen LogP contribution in [0.25, 0.3) is 20.5 Å². The Morgan fingerprint density at radius 1 is 1.23 bits per heavy atom. The molecule has 1 aliphatic rings. The fraction of sp³-hybridized carbons (Fsp3) is 0.105. The molecular weight excluding hydrogens is 386 g/mol. The highest BCUT2D eigenvalue weighted by molar-refractivity contribution is 8.02. The molecule has 1 aromatic carbocycles. The van der Waals surface area contributed by atoms with Crippen molar-refractivity contribution in [3.63, 3.8) is 0 Å². The van der Waals surface area contributed by atoms with E-state index in [1.54, 1.807) is 11.8 Å². The molecule has 0 atom stereocenters. The van der Waals surface area contributed by atoms with Crippen molar-refractivity contribution in [3.05, 3.63) is 69.9 Å². The van der Waals surface area contributed by atoms with Gasteiger partial charge >= 0.3 is 0 Å². The summed E-state index contributed by atoms with van der Waals surface area (Å²) in [6, 6.07) is 9.67. The van der Waals surface area contributed by atoms with Crippen molar-refractivity contribution in [2.24, 2.45) is 5.73 Å². The number of fused-ring (bicyclic) bond motifs is 1. The number of nitrogens with two attached hydrogens (primary N) is 1. The molecule has 2 aromatic heterocycles. The Balaban J connectivity index is 1.84. The van der Waals surface area contributed by atoms with Crippen LogP contribution in [0.4, 0.5) is 0 Å². The van der Waals surface area contributed by atoms with Crippen molar-refractivity contribution in [2.45, 2.75) is 6.42 Å². The topological polar surface area (TPSA) is 68.9 Å². The van der Waals surface area contributed by atoms with Gasteiger partial charge < -0.3 is 5.73 Å². The third kappa shape index (κ3) is 3.40. The molecule has 130 valence electrons. The Bertz CT molecular complexity index is 1050. The second-order valence-corrected chi connectivity index (χ2v) is 8.22. The van der Waals surface area contributed by atoms with Gasteiger partial charge in [-0.3, -0.25) is 4.79 Å². The molecule has 3 aromatic rings. The number of nitrogens with zero attached hydrogens (tertiary/aromatic N) is 2. The van der Waals surface area contributed by atoms with Crippen molar-refractivity contribution in [3.8, 4) is 10.4 Å². The van der Waals surface area contributed by atoms with Gasteiger partial charge in [-0.25, -0.2) is 0 Å². The van der Waals surface area contributed by atoms with E-state index in [4.69, 9.17) is 17.3 Å². The monoisotopic (exact) mass is 399 g/mol. The van der Waals surface area contributed by atoms with E-state index in [2.05, 4.69) is 33.8 Å². The molecule has 0 spiro atoms. The molecule has 0 radical (unpaired) electrons. The maximum Gasteiger partial charge on any atom is 0.270 e. The van der Waals surface area contributed by atoms with E-state index in [0.717, 1.165) is 32.0 Å². The van der Waals surface area contributed by atoms with Gasteiger partial charge in [-0.2, -0.15) is 5.10 Å². The van der Waals surface area contributed by atoms with Gasteiger partial charge in [-0.15, -0.1) is 28.2 Å². The number of halogens is 1. The smallest absolute Gasteiger partial charge is 0.270 e. The van der Waals surface area contributed by atoms with Crippen LogP contribution in [0.3, 0.4) is 0 Å². The zero-order chi connectivity index (χ0) is 18.1. The predicted molar refractivity (Wildman–Crippen MR) is 110 cm³/mol. The molecule has 4 rings (SSSR count). The minimum Gasteiger partial charge on any atom is -0.364 e. The molecule has 0 aliphatic carbocycles. The molecule has 0 saturated heterocycles. The summed E-state index contributed by atoms with van der Waals surface area (Å²) in [7, 11) is 0. The fourth-order valence-electron chi connectivity index (χ4n) is 2.78. The number of rotatable bonds is 4. The summed E-state index contributed by atoms with van der Waals surface area (Å²) in [5.41, 5.74) is 8.78. The van der Waals surface area contributed by atoms with Gasteiger partial charge in [0.25, 0.3) is 5.91 Å². The molecule has 0 unspecified atom stereocenters. The number of primary amides is 1. The normalized spacial score (nSPS) is 13.8. The minimum absolute atomic E-state index is 0.219. The Labute approximate surface area is 163 Å². The first-order valence-corrected chi connectivity index (χ1v) is 10.2. The van der Waals surface area contributed by atoms with Crippen molar-refractivity contribution >= 4 is 50.7 Å². The number of allylic oxidation sites excluding steroid dienone is 2. The first kappa shape index (κ1) is 17.3. The lowest BCUT2D eigenvalue weighted by Gasteiger charge is -2.07. The van der Waals surface area contributed by atoms with Crippen LogP contribution in [0.15, 0.2) is 53.5 Å². The van der Waals surface area contributed by atoms with Crippen LogP contribution in [0.5, 0.6) is 0 Å². The summed E-state index contributed by atoms with van der Waals surface area (Å²) >= 11 is 9.24. The molecule has 2 N–H and O–H groups in total. The molecule has 1 amide bonds. The third-order valence-electron chi connectivity index (χ3n) is 4.02.